The fourth-order valence-corrected chi connectivity index (χ4v) is 3.49. The van der Waals surface area contributed by atoms with Crippen molar-refractivity contribution in [2.45, 2.75) is 38.0 Å². The smallest absolute Gasteiger partial charge is 0.227 e. The van der Waals surface area contributed by atoms with Crippen molar-refractivity contribution in [3.8, 4) is 0 Å². The molecule has 5 heteroatoms. The molecule has 3 nitrogen and oxygen atoms in total. The second-order valence-corrected chi connectivity index (χ2v) is 6.13. The van der Waals surface area contributed by atoms with Crippen LogP contribution in [0.4, 0.5) is 0 Å². The van der Waals surface area contributed by atoms with Crippen LogP contribution in [0.2, 0.25) is 0 Å². The number of carbonyl (C=O) groups excluding carboxylic acids is 1. The predicted octanol–water partition coefficient (Wildman–Crippen LogP) is 2.35. The summed E-state index contributed by atoms with van der Waals surface area (Å²) in [6.07, 6.45) is 4.72. The molecular formula is C13H18N2OS2. The molecule has 1 aliphatic carbocycles. The number of thiophene rings is 1. The minimum Gasteiger partial charge on any atom is -0.393 e. The quantitative estimate of drug-likeness (QED) is 0.644. The lowest BCUT2D eigenvalue weighted by molar-refractivity contribution is -0.122. The van der Waals surface area contributed by atoms with Crippen molar-refractivity contribution in [1.29, 1.82) is 0 Å². The molecule has 0 fully saturated rings. The second kappa shape index (κ2) is 6.29. The standard InChI is InChI=1S/C13H18N2OS2/c14-12(17)5-2-7-15-13(16)10-3-1-4-11-9(10)6-8-18-11/h6,8,10H,1-5,7H2,(H2,14,17)(H,15,16). The first-order chi connectivity index (χ1) is 8.68. The highest BCUT2D eigenvalue weighted by Gasteiger charge is 2.26. The first kappa shape index (κ1) is 13.5. The van der Waals surface area contributed by atoms with Crippen LogP contribution in [0.5, 0.6) is 0 Å². The molecule has 1 aromatic heterocycles. The van der Waals surface area contributed by atoms with Gasteiger partial charge < -0.3 is 11.1 Å². The Hall–Kier alpha value is -0.940. The first-order valence-corrected chi connectivity index (χ1v) is 7.59. The van der Waals surface area contributed by atoms with Crippen molar-refractivity contribution in [1.82, 2.24) is 5.32 Å². The van der Waals surface area contributed by atoms with Crippen LogP contribution in [0.1, 0.15) is 42.0 Å². The van der Waals surface area contributed by atoms with Crippen LogP contribution in [0.25, 0.3) is 0 Å². The summed E-state index contributed by atoms with van der Waals surface area (Å²) in [6.45, 7) is 0.659. The van der Waals surface area contributed by atoms with Gasteiger partial charge in [0.2, 0.25) is 5.91 Å². The summed E-state index contributed by atoms with van der Waals surface area (Å²) in [6, 6.07) is 2.10. The van der Waals surface area contributed by atoms with Gasteiger partial charge in [0, 0.05) is 11.4 Å². The number of hydrogen-bond acceptors (Lipinski definition) is 3. The van der Waals surface area contributed by atoms with E-state index in [1.165, 1.54) is 10.4 Å². The van der Waals surface area contributed by atoms with E-state index < -0.39 is 0 Å². The van der Waals surface area contributed by atoms with Gasteiger partial charge in [-0.05, 0) is 49.1 Å². The van der Waals surface area contributed by atoms with Crippen molar-refractivity contribution in [3.63, 3.8) is 0 Å². The van der Waals surface area contributed by atoms with Gasteiger partial charge in [-0.25, -0.2) is 0 Å². The summed E-state index contributed by atoms with van der Waals surface area (Å²) in [7, 11) is 0. The summed E-state index contributed by atoms with van der Waals surface area (Å²) in [4.78, 5) is 14.0. The highest BCUT2D eigenvalue weighted by molar-refractivity contribution is 7.80. The van der Waals surface area contributed by atoms with Gasteiger partial charge in [-0.2, -0.15) is 0 Å². The molecule has 0 saturated heterocycles. The Balaban J connectivity index is 1.85. The molecule has 2 rings (SSSR count). The fourth-order valence-electron chi connectivity index (χ4n) is 2.36. The van der Waals surface area contributed by atoms with Gasteiger partial charge in [-0.3, -0.25) is 4.79 Å². The van der Waals surface area contributed by atoms with Crippen LogP contribution in [-0.4, -0.2) is 17.4 Å². The summed E-state index contributed by atoms with van der Waals surface area (Å²) >= 11 is 6.57. The monoisotopic (exact) mass is 282 g/mol. The Kier molecular flexibility index (Phi) is 4.72. The molecule has 1 aromatic rings. The van der Waals surface area contributed by atoms with Crippen LogP contribution >= 0.6 is 23.6 Å². The Morgan fingerprint density at radius 1 is 1.61 bits per heavy atom. The molecule has 0 bridgehead atoms. The van der Waals surface area contributed by atoms with Crippen molar-refractivity contribution in [3.05, 3.63) is 21.9 Å². The molecule has 0 spiro atoms. The SMILES string of the molecule is NC(=S)CCCNC(=O)C1CCCc2sccc21. The number of nitrogens with two attached hydrogens (primary N) is 1. The molecule has 0 radical (unpaired) electrons. The minimum absolute atomic E-state index is 0.0461. The Morgan fingerprint density at radius 3 is 3.22 bits per heavy atom. The third kappa shape index (κ3) is 3.29. The zero-order chi connectivity index (χ0) is 13.0. The number of fused-ring (bicyclic) bond motifs is 1. The lowest BCUT2D eigenvalue weighted by Crippen LogP contribution is -2.32. The highest BCUT2D eigenvalue weighted by atomic mass is 32.1. The molecule has 98 valence electrons. The van der Waals surface area contributed by atoms with Crippen molar-refractivity contribution < 1.29 is 4.79 Å². The average Bonchev–Trinajstić information content (AvgIpc) is 2.82. The van der Waals surface area contributed by atoms with Gasteiger partial charge in [0.15, 0.2) is 0 Å². The average molecular weight is 282 g/mol. The van der Waals surface area contributed by atoms with E-state index in [2.05, 4.69) is 16.8 Å². The van der Waals surface area contributed by atoms with Gasteiger partial charge in [0.25, 0.3) is 0 Å². The van der Waals surface area contributed by atoms with Crippen molar-refractivity contribution >= 4 is 34.5 Å². The molecule has 0 aromatic carbocycles. The lowest BCUT2D eigenvalue weighted by atomic mass is 9.87. The number of thiocarbonyl (C=S) groups is 1. The molecule has 3 N–H and O–H groups in total. The van der Waals surface area contributed by atoms with Crippen LogP contribution < -0.4 is 11.1 Å². The van der Waals surface area contributed by atoms with Crippen molar-refractivity contribution in [2.75, 3.05) is 6.54 Å². The number of amides is 1. The molecule has 1 aliphatic rings. The van der Waals surface area contributed by atoms with E-state index in [1.807, 2.05) is 0 Å². The molecule has 1 atom stereocenters. The largest absolute Gasteiger partial charge is 0.393 e. The number of nitrogens with one attached hydrogen (secondary N) is 1. The fraction of sp³-hybridized carbons (Fsp3) is 0.538. The molecule has 1 amide bonds. The van der Waals surface area contributed by atoms with Gasteiger partial charge in [0.05, 0.1) is 10.9 Å². The third-order valence-electron chi connectivity index (χ3n) is 3.27. The van der Waals surface area contributed by atoms with Crippen molar-refractivity contribution in [2.24, 2.45) is 5.73 Å². The van der Waals surface area contributed by atoms with E-state index in [-0.39, 0.29) is 11.8 Å². The summed E-state index contributed by atoms with van der Waals surface area (Å²) in [5.74, 6) is 0.196. The summed E-state index contributed by atoms with van der Waals surface area (Å²) in [5, 5.41) is 5.08. The van der Waals surface area contributed by atoms with E-state index in [4.69, 9.17) is 18.0 Å². The van der Waals surface area contributed by atoms with Crippen LogP contribution in [0.3, 0.4) is 0 Å². The van der Waals surface area contributed by atoms with E-state index in [1.54, 1.807) is 11.3 Å². The van der Waals surface area contributed by atoms with Crippen LogP contribution in [0.15, 0.2) is 11.4 Å². The minimum atomic E-state index is 0.0461. The van der Waals surface area contributed by atoms with E-state index in [0.29, 0.717) is 18.0 Å². The Labute approximate surface area is 117 Å². The highest BCUT2D eigenvalue weighted by Crippen LogP contribution is 2.34. The Bertz CT molecular complexity index is 442. The third-order valence-corrected chi connectivity index (χ3v) is 4.47. The Morgan fingerprint density at radius 2 is 2.44 bits per heavy atom. The first-order valence-electron chi connectivity index (χ1n) is 6.31. The van der Waals surface area contributed by atoms with Gasteiger partial charge in [-0.1, -0.05) is 12.2 Å². The molecular weight excluding hydrogens is 264 g/mol. The van der Waals surface area contributed by atoms with E-state index >= 15 is 0 Å². The van der Waals surface area contributed by atoms with Crippen LogP contribution in [0, 0.1) is 0 Å². The van der Waals surface area contributed by atoms with E-state index in [0.717, 1.165) is 25.7 Å². The maximum absolute atomic E-state index is 12.1. The van der Waals surface area contributed by atoms with Crippen LogP contribution in [-0.2, 0) is 11.2 Å². The maximum Gasteiger partial charge on any atom is 0.227 e. The predicted molar refractivity (Wildman–Crippen MR) is 79.0 cm³/mol. The van der Waals surface area contributed by atoms with E-state index in [9.17, 15) is 4.79 Å². The van der Waals surface area contributed by atoms with Gasteiger partial charge >= 0.3 is 0 Å². The summed E-state index contributed by atoms with van der Waals surface area (Å²) in [5.41, 5.74) is 6.66. The number of hydrogen-bond donors (Lipinski definition) is 2. The molecule has 18 heavy (non-hydrogen) atoms. The molecule has 0 saturated carbocycles. The zero-order valence-corrected chi connectivity index (χ0v) is 11.9. The lowest BCUT2D eigenvalue weighted by Gasteiger charge is -2.21. The molecule has 1 unspecified atom stereocenters. The molecule has 0 aliphatic heterocycles. The second-order valence-electron chi connectivity index (χ2n) is 4.60. The van der Waals surface area contributed by atoms with Gasteiger partial charge in [-0.15, -0.1) is 11.3 Å². The zero-order valence-electron chi connectivity index (χ0n) is 10.3. The summed E-state index contributed by atoms with van der Waals surface area (Å²) < 4.78 is 0. The number of carbonyl (C=O) groups is 1. The number of aryl methyl sites for hydroxylation is 1. The number of rotatable bonds is 5. The van der Waals surface area contributed by atoms with Gasteiger partial charge in [0.1, 0.15) is 0 Å². The molecule has 1 heterocycles. The normalized spacial score (nSPS) is 18.1. The maximum atomic E-state index is 12.1. The topological polar surface area (TPSA) is 55.1 Å².